The molecule has 1 N–H and O–H groups in total. The Hall–Kier alpha value is -1.62. The maximum atomic E-state index is 12.5. The number of rotatable bonds is 6. The Morgan fingerprint density at radius 2 is 2.04 bits per heavy atom. The number of aromatic nitrogens is 1. The van der Waals surface area contributed by atoms with E-state index in [2.05, 4.69) is 22.1 Å². The molecule has 1 heterocycles. The summed E-state index contributed by atoms with van der Waals surface area (Å²) < 4.78 is 0. The van der Waals surface area contributed by atoms with Gasteiger partial charge in [-0.3, -0.25) is 9.69 Å². The number of nitrogens with one attached hydrogen (secondary N) is 1. The van der Waals surface area contributed by atoms with Gasteiger partial charge in [0, 0.05) is 23.3 Å². The number of benzene rings is 1. The number of nitrogens with zero attached hydrogens (tertiary/aromatic N) is 2. The first-order chi connectivity index (χ1) is 11.6. The molecule has 1 atom stereocenters. The number of carbonyl (C=O) groups excluding carboxylic acids is 1. The molecule has 0 bridgehead atoms. The summed E-state index contributed by atoms with van der Waals surface area (Å²) in [4.78, 5) is 18.6. The topological polar surface area (TPSA) is 45.2 Å². The van der Waals surface area contributed by atoms with Crippen LogP contribution in [0.5, 0.6) is 0 Å². The Balaban J connectivity index is 1.71. The quantitative estimate of drug-likeness (QED) is 0.765. The van der Waals surface area contributed by atoms with Crippen LogP contribution in [-0.4, -0.2) is 28.4 Å². The lowest BCUT2D eigenvalue weighted by Gasteiger charge is -2.29. The maximum absolute atomic E-state index is 12.5. The van der Waals surface area contributed by atoms with Gasteiger partial charge in [0.25, 0.3) is 0 Å². The van der Waals surface area contributed by atoms with E-state index in [-0.39, 0.29) is 11.9 Å². The van der Waals surface area contributed by atoms with E-state index in [0.717, 1.165) is 23.4 Å². The van der Waals surface area contributed by atoms with Crippen molar-refractivity contribution in [3.05, 3.63) is 58.3 Å². The maximum Gasteiger partial charge on any atom is 0.238 e. The molecule has 126 valence electrons. The van der Waals surface area contributed by atoms with Crippen LogP contribution in [0.3, 0.4) is 0 Å². The lowest BCUT2D eigenvalue weighted by molar-refractivity contribution is -0.118. The smallest absolute Gasteiger partial charge is 0.238 e. The minimum atomic E-state index is -0.101. The molecule has 1 aromatic carbocycles. The van der Waals surface area contributed by atoms with E-state index in [4.69, 9.17) is 23.2 Å². The number of pyridine rings is 1. The number of hydrogen-bond donors (Lipinski definition) is 1. The summed E-state index contributed by atoms with van der Waals surface area (Å²) in [6.45, 7) is 2.38. The highest BCUT2D eigenvalue weighted by Crippen LogP contribution is 2.36. The molecule has 0 aliphatic heterocycles. The molecule has 4 nitrogen and oxygen atoms in total. The van der Waals surface area contributed by atoms with Crippen molar-refractivity contribution in [1.82, 2.24) is 9.88 Å². The van der Waals surface area contributed by atoms with Crippen molar-refractivity contribution in [2.45, 2.75) is 31.8 Å². The lowest BCUT2D eigenvalue weighted by Crippen LogP contribution is -2.37. The van der Waals surface area contributed by atoms with Gasteiger partial charge in [0.1, 0.15) is 0 Å². The average molecular weight is 364 g/mol. The van der Waals surface area contributed by atoms with Gasteiger partial charge in [0.05, 0.1) is 12.2 Å². The van der Waals surface area contributed by atoms with Crippen molar-refractivity contribution < 1.29 is 4.79 Å². The van der Waals surface area contributed by atoms with Crippen LogP contribution in [0.25, 0.3) is 0 Å². The minimum absolute atomic E-state index is 0.0707. The molecule has 1 amide bonds. The number of amides is 1. The van der Waals surface area contributed by atoms with Crippen LogP contribution >= 0.6 is 23.2 Å². The summed E-state index contributed by atoms with van der Waals surface area (Å²) in [6, 6.07) is 11.8. The third-order valence-electron chi connectivity index (χ3n) is 4.23. The van der Waals surface area contributed by atoms with E-state index in [0.29, 0.717) is 23.4 Å². The predicted molar refractivity (Wildman–Crippen MR) is 97.5 cm³/mol. The van der Waals surface area contributed by atoms with Crippen molar-refractivity contribution in [2.75, 3.05) is 11.9 Å². The van der Waals surface area contributed by atoms with Gasteiger partial charge < -0.3 is 5.32 Å². The van der Waals surface area contributed by atoms with E-state index < -0.39 is 0 Å². The third-order valence-corrected chi connectivity index (χ3v) is 4.87. The van der Waals surface area contributed by atoms with Gasteiger partial charge in [-0.15, -0.1) is 0 Å². The Morgan fingerprint density at radius 3 is 2.71 bits per heavy atom. The highest BCUT2D eigenvalue weighted by atomic mass is 35.5. The predicted octanol–water partition coefficient (Wildman–Crippen LogP) is 4.55. The number of anilines is 1. The van der Waals surface area contributed by atoms with E-state index in [1.54, 1.807) is 18.3 Å². The van der Waals surface area contributed by atoms with Crippen LogP contribution in [0, 0.1) is 0 Å². The highest BCUT2D eigenvalue weighted by molar-refractivity contribution is 6.32. The molecule has 1 aliphatic carbocycles. The third kappa shape index (κ3) is 4.07. The van der Waals surface area contributed by atoms with Gasteiger partial charge in [-0.1, -0.05) is 41.4 Å². The summed E-state index contributed by atoms with van der Waals surface area (Å²) in [5, 5.41) is 3.86. The lowest BCUT2D eigenvalue weighted by atomic mass is 10.1. The second-order valence-electron chi connectivity index (χ2n) is 5.99. The van der Waals surface area contributed by atoms with Gasteiger partial charge in [0.15, 0.2) is 5.15 Å². The number of carbonyl (C=O) groups is 1. The second kappa shape index (κ2) is 7.51. The monoisotopic (exact) mass is 363 g/mol. The van der Waals surface area contributed by atoms with Gasteiger partial charge in [-0.25, -0.2) is 4.98 Å². The molecular formula is C18H19Cl2N3O. The molecule has 1 saturated carbocycles. The molecule has 1 unspecified atom stereocenters. The summed E-state index contributed by atoms with van der Waals surface area (Å²) >= 11 is 12.3. The molecule has 1 aliphatic rings. The summed E-state index contributed by atoms with van der Waals surface area (Å²) in [5.41, 5.74) is 1.57. The zero-order chi connectivity index (χ0) is 17.1. The molecule has 2 aromatic rings. The second-order valence-corrected chi connectivity index (χ2v) is 6.76. The van der Waals surface area contributed by atoms with Crippen molar-refractivity contribution in [1.29, 1.82) is 0 Å². The summed E-state index contributed by atoms with van der Waals surface area (Å²) in [5.74, 6) is -0.101. The van der Waals surface area contributed by atoms with Crippen LogP contribution in [-0.2, 0) is 4.79 Å². The molecule has 6 heteroatoms. The van der Waals surface area contributed by atoms with E-state index in [1.807, 2.05) is 24.3 Å². The van der Waals surface area contributed by atoms with E-state index in [9.17, 15) is 4.79 Å². The fourth-order valence-electron chi connectivity index (χ4n) is 2.82. The average Bonchev–Trinajstić information content (AvgIpc) is 3.39. The zero-order valence-corrected chi connectivity index (χ0v) is 14.9. The highest BCUT2D eigenvalue weighted by Gasteiger charge is 2.34. The van der Waals surface area contributed by atoms with Crippen molar-refractivity contribution in [3.8, 4) is 0 Å². The molecule has 0 saturated heterocycles. The summed E-state index contributed by atoms with van der Waals surface area (Å²) in [7, 11) is 0. The molecule has 1 fully saturated rings. The number of hydrogen-bond acceptors (Lipinski definition) is 3. The van der Waals surface area contributed by atoms with Crippen molar-refractivity contribution >= 4 is 34.8 Å². The summed E-state index contributed by atoms with van der Waals surface area (Å²) in [6.07, 6.45) is 3.80. The fourth-order valence-corrected chi connectivity index (χ4v) is 3.28. The number of halogens is 2. The van der Waals surface area contributed by atoms with Crippen LogP contribution in [0.4, 0.5) is 5.69 Å². The van der Waals surface area contributed by atoms with Gasteiger partial charge >= 0.3 is 0 Å². The van der Waals surface area contributed by atoms with E-state index in [1.165, 1.54) is 0 Å². The fraction of sp³-hybridized carbons (Fsp3) is 0.333. The van der Waals surface area contributed by atoms with Crippen LogP contribution in [0.15, 0.2) is 42.6 Å². The SMILES string of the molecule is CC(c1ccccc1Cl)N(CC(=O)Nc1cccnc1Cl)C1CC1. The Kier molecular flexibility index (Phi) is 5.39. The van der Waals surface area contributed by atoms with Crippen LogP contribution < -0.4 is 5.32 Å². The standard InChI is InChI=1S/C18H19Cl2N3O/c1-12(14-5-2-3-6-15(14)19)23(13-8-9-13)11-17(24)22-16-7-4-10-21-18(16)20/h2-7,10,12-13H,8-9,11H2,1H3,(H,22,24). The van der Waals surface area contributed by atoms with Gasteiger partial charge in [-0.2, -0.15) is 0 Å². The van der Waals surface area contributed by atoms with Gasteiger partial charge in [0.2, 0.25) is 5.91 Å². The van der Waals surface area contributed by atoms with Gasteiger partial charge in [-0.05, 0) is 43.5 Å². The largest absolute Gasteiger partial charge is 0.322 e. The molecule has 1 aromatic heterocycles. The van der Waals surface area contributed by atoms with E-state index >= 15 is 0 Å². The molecule has 3 rings (SSSR count). The molecule has 24 heavy (non-hydrogen) atoms. The first kappa shape index (κ1) is 17.2. The molecule has 0 radical (unpaired) electrons. The molecular weight excluding hydrogens is 345 g/mol. The first-order valence-corrected chi connectivity index (χ1v) is 8.72. The van der Waals surface area contributed by atoms with Crippen LogP contribution in [0.1, 0.15) is 31.4 Å². The normalized spacial score (nSPS) is 15.3. The first-order valence-electron chi connectivity index (χ1n) is 7.97. The Morgan fingerprint density at radius 1 is 1.29 bits per heavy atom. The Labute approximate surface area is 151 Å². The Bertz CT molecular complexity index is 734. The zero-order valence-electron chi connectivity index (χ0n) is 13.4. The van der Waals surface area contributed by atoms with Crippen molar-refractivity contribution in [3.63, 3.8) is 0 Å². The van der Waals surface area contributed by atoms with Crippen LogP contribution in [0.2, 0.25) is 10.2 Å². The van der Waals surface area contributed by atoms with Crippen molar-refractivity contribution in [2.24, 2.45) is 0 Å². The minimum Gasteiger partial charge on any atom is -0.322 e. The molecule has 0 spiro atoms.